The Hall–Kier alpha value is -3.24. The summed E-state index contributed by atoms with van der Waals surface area (Å²) in [7, 11) is -3.75. The van der Waals surface area contributed by atoms with Crippen LogP contribution in [-0.4, -0.2) is 26.2 Å². The number of carbonyl (C=O) groups is 1. The monoisotopic (exact) mass is 494 g/mol. The summed E-state index contributed by atoms with van der Waals surface area (Å²) < 4.78 is 75.9. The molecular weight excluding hydrogens is 472 g/mol. The van der Waals surface area contributed by atoms with Crippen molar-refractivity contribution < 1.29 is 30.8 Å². The minimum atomic E-state index is -4.41. The molecule has 3 aromatic rings. The van der Waals surface area contributed by atoms with Crippen molar-refractivity contribution in [3.8, 4) is 11.1 Å². The topological polar surface area (TPSA) is 75.3 Å². The standard InChI is InChI=1S/C24H22F4N2O3S/c1-16(30-15-34(32,33)22-11-9-21(25)10-12-22)23(31)29-14-17-3-2-4-19(13-17)18-5-7-20(8-6-18)24(26,27)28/h2-13,16,30H,14-15H2,1H3,(H,29,31)/t16-/m1/s1. The molecule has 1 atom stereocenters. The summed E-state index contributed by atoms with van der Waals surface area (Å²) in [6, 6.07) is 15.3. The number of sulfone groups is 1. The third kappa shape index (κ3) is 6.64. The number of benzene rings is 3. The molecule has 0 aliphatic carbocycles. The van der Waals surface area contributed by atoms with E-state index in [4.69, 9.17) is 0 Å². The van der Waals surface area contributed by atoms with E-state index in [2.05, 4.69) is 10.6 Å². The summed E-state index contributed by atoms with van der Waals surface area (Å²) in [6.07, 6.45) is -4.41. The van der Waals surface area contributed by atoms with Crippen molar-refractivity contribution in [3.05, 3.63) is 89.7 Å². The van der Waals surface area contributed by atoms with Gasteiger partial charge in [-0.05, 0) is 66.1 Å². The van der Waals surface area contributed by atoms with Gasteiger partial charge < -0.3 is 5.32 Å². The Morgan fingerprint density at radius 3 is 2.21 bits per heavy atom. The summed E-state index contributed by atoms with van der Waals surface area (Å²) >= 11 is 0. The number of alkyl halides is 3. The highest BCUT2D eigenvalue weighted by Gasteiger charge is 2.30. The van der Waals surface area contributed by atoms with Gasteiger partial charge in [0.2, 0.25) is 5.91 Å². The van der Waals surface area contributed by atoms with Crippen LogP contribution in [0.5, 0.6) is 0 Å². The van der Waals surface area contributed by atoms with Crippen molar-refractivity contribution in [2.24, 2.45) is 0 Å². The van der Waals surface area contributed by atoms with Crippen molar-refractivity contribution in [1.29, 1.82) is 0 Å². The van der Waals surface area contributed by atoms with Gasteiger partial charge in [-0.2, -0.15) is 13.2 Å². The number of amides is 1. The molecule has 0 aliphatic heterocycles. The van der Waals surface area contributed by atoms with Crippen LogP contribution in [0.3, 0.4) is 0 Å². The molecule has 34 heavy (non-hydrogen) atoms. The Balaban J connectivity index is 1.56. The van der Waals surface area contributed by atoms with E-state index in [0.717, 1.165) is 42.0 Å². The van der Waals surface area contributed by atoms with E-state index in [1.165, 1.54) is 19.1 Å². The first-order valence-corrected chi connectivity index (χ1v) is 11.9. The fourth-order valence-electron chi connectivity index (χ4n) is 3.11. The molecule has 2 N–H and O–H groups in total. The lowest BCUT2D eigenvalue weighted by Gasteiger charge is -2.15. The highest BCUT2D eigenvalue weighted by molar-refractivity contribution is 7.91. The van der Waals surface area contributed by atoms with Crippen molar-refractivity contribution in [2.75, 3.05) is 5.88 Å². The Morgan fingerprint density at radius 1 is 0.941 bits per heavy atom. The molecule has 0 saturated heterocycles. The third-order valence-corrected chi connectivity index (χ3v) is 6.62. The van der Waals surface area contributed by atoms with Gasteiger partial charge in [-0.15, -0.1) is 0 Å². The van der Waals surface area contributed by atoms with E-state index in [0.29, 0.717) is 11.1 Å². The van der Waals surface area contributed by atoms with Crippen LogP contribution in [0.4, 0.5) is 17.6 Å². The van der Waals surface area contributed by atoms with Crippen LogP contribution in [0, 0.1) is 5.82 Å². The Kier molecular flexibility index (Phi) is 7.73. The van der Waals surface area contributed by atoms with Crippen LogP contribution in [0.25, 0.3) is 11.1 Å². The van der Waals surface area contributed by atoms with E-state index in [1.807, 2.05) is 0 Å². The van der Waals surface area contributed by atoms with Gasteiger partial charge >= 0.3 is 6.18 Å². The van der Waals surface area contributed by atoms with E-state index in [-0.39, 0.29) is 11.4 Å². The third-order valence-electron chi connectivity index (χ3n) is 5.08. The van der Waals surface area contributed by atoms with E-state index >= 15 is 0 Å². The fraction of sp³-hybridized carbons (Fsp3) is 0.208. The molecule has 0 aromatic heterocycles. The average molecular weight is 495 g/mol. The average Bonchev–Trinajstić information content (AvgIpc) is 2.81. The van der Waals surface area contributed by atoms with Gasteiger partial charge in [0, 0.05) is 6.54 Å². The van der Waals surface area contributed by atoms with Gasteiger partial charge in [0.1, 0.15) is 11.7 Å². The summed E-state index contributed by atoms with van der Waals surface area (Å²) in [5.41, 5.74) is 1.28. The minimum absolute atomic E-state index is 0.0610. The predicted octanol–water partition coefficient (Wildman–Crippen LogP) is 4.54. The lowest BCUT2D eigenvalue weighted by molar-refractivity contribution is -0.137. The van der Waals surface area contributed by atoms with Gasteiger partial charge in [0.25, 0.3) is 0 Å². The van der Waals surface area contributed by atoms with E-state index in [1.54, 1.807) is 24.3 Å². The van der Waals surface area contributed by atoms with Crippen molar-refractivity contribution in [3.63, 3.8) is 0 Å². The van der Waals surface area contributed by atoms with Gasteiger partial charge in [0.05, 0.1) is 16.5 Å². The molecule has 0 radical (unpaired) electrons. The number of rotatable bonds is 8. The predicted molar refractivity (Wildman–Crippen MR) is 120 cm³/mol. The molecule has 0 aliphatic rings. The molecule has 180 valence electrons. The highest BCUT2D eigenvalue weighted by Crippen LogP contribution is 2.31. The Bertz CT molecular complexity index is 1240. The molecule has 10 heteroatoms. The Labute approximate surface area is 194 Å². The maximum atomic E-state index is 13.0. The van der Waals surface area contributed by atoms with Crippen LogP contribution in [0.1, 0.15) is 18.1 Å². The molecule has 0 heterocycles. The van der Waals surface area contributed by atoms with Crippen LogP contribution in [-0.2, 0) is 27.4 Å². The molecule has 0 saturated carbocycles. The normalized spacial score (nSPS) is 12.9. The second-order valence-electron chi connectivity index (χ2n) is 7.63. The molecule has 3 aromatic carbocycles. The Morgan fingerprint density at radius 2 is 1.59 bits per heavy atom. The molecule has 0 fully saturated rings. The zero-order chi connectivity index (χ0) is 24.9. The molecule has 0 unspecified atom stereocenters. The largest absolute Gasteiger partial charge is 0.416 e. The van der Waals surface area contributed by atoms with E-state index < -0.39 is 45.2 Å². The number of hydrogen-bond acceptors (Lipinski definition) is 4. The highest BCUT2D eigenvalue weighted by atomic mass is 32.2. The minimum Gasteiger partial charge on any atom is -0.351 e. The van der Waals surface area contributed by atoms with Crippen molar-refractivity contribution >= 4 is 15.7 Å². The fourth-order valence-corrected chi connectivity index (χ4v) is 4.29. The quantitative estimate of drug-likeness (QED) is 0.356. The molecular formula is C24H22F4N2O3S. The summed E-state index contributed by atoms with van der Waals surface area (Å²) in [5, 5.41) is 5.34. The van der Waals surface area contributed by atoms with Crippen molar-refractivity contribution in [2.45, 2.75) is 30.6 Å². The second kappa shape index (κ2) is 10.4. The maximum Gasteiger partial charge on any atom is 0.416 e. The summed E-state index contributed by atoms with van der Waals surface area (Å²) in [6.45, 7) is 1.65. The van der Waals surface area contributed by atoms with Crippen LogP contribution in [0.2, 0.25) is 0 Å². The first kappa shape index (κ1) is 25.4. The number of carbonyl (C=O) groups excluding carboxylic acids is 1. The molecule has 3 rings (SSSR count). The SMILES string of the molecule is C[C@@H](NCS(=O)(=O)c1ccc(F)cc1)C(=O)NCc1cccc(-c2ccc(C(F)(F)F)cc2)c1. The second-order valence-corrected chi connectivity index (χ2v) is 9.62. The van der Waals surface area contributed by atoms with Crippen LogP contribution < -0.4 is 10.6 Å². The van der Waals surface area contributed by atoms with Gasteiger partial charge in [0.15, 0.2) is 9.84 Å². The van der Waals surface area contributed by atoms with Gasteiger partial charge in [-0.1, -0.05) is 30.3 Å². The summed E-state index contributed by atoms with van der Waals surface area (Å²) in [4.78, 5) is 12.3. The number of nitrogens with one attached hydrogen (secondary N) is 2. The number of hydrogen-bond donors (Lipinski definition) is 2. The number of halogens is 4. The maximum absolute atomic E-state index is 13.0. The zero-order valence-electron chi connectivity index (χ0n) is 18.1. The smallest absolute Gasteiger partial charge is 0.351 e. The molecule has 5 nitrogen and oxygen atoms in total. The van der Waals surface area contributed by atoms with Crippen LogP contribution in [0.15, 0.2) is 77.7 Å². The van der Waals surface area contributed by atoms with E-state index in [9.17, 15) is 30.8 Å². The van der Waals surface area contributed by atoms with Crippen molar-refractivity contribution in [1.82, 2.24) is 10.6 Å². The lowest BCUT2D eigenvalue weighted by Crippen LogP contribution is -2.43. The first-order chi connectivity index (χ1) is 16.0. The van der Waals surface area contributed by atoms with Gasteiger partial charge in [-0.3, -0.25) is 10.1 Å². The van der Waals surface area contributed by atoms with Crippen LogP contribution >= 0.6 is 0 Å². The molecule has 0 spiro atoms. The first-order valence-electron chi connectivity index (χ1n) is 10.2. The molecule has 1 amide bonds. The lowest BCUT2D eigenvalue weighted by atomic mass is 10.0. The zero-order valence-corrected chi connectivity index (χ0v) is 18.9. The van der Waals surface area contributed by atoms with Gasteiger partial charge in [-0.25, -0.2) is 12.8 Å². The molecule has 0 bridgehead atoms. The summed E-state index contributed by atoms with van der Waals surface area (Å²) in [5.74, 6) is -1.49.